The van der Waals surface area contributed by atoms with Crippen molar-refractivity contribution in [2.75, 3.05) is 45.3 Å². The molecule has 2 aromatic heterocycles. The molecule has 1 aliphatic rings. The van der Waals surface area contributed by atoms with Gasteiger partial charge in [0.05, 0.1) is 32.2 Å². The van der Waals surface area contributed by atoms with E-state index in [0.29, 0.717) is 16.0 Å². The van der Waals surface area contributed by atoms with Crippen molar-refractivity contribution in [3.63, 3.8) is 0 Å². The Hall–Kier alpha value is -5.37. The minimum Gasteiger partial charge on any atom is -0.489 e. The van der Waals surface area contributed by atoms with Crippen molar-refractivity contribution in [2.24, 2.45) is 5.16 Å². The first kappa shape index (κ1) is 41.4. The first-order valence-corrected chi connectivity index (χ1v) is 17.5. The Morgan fingerprint density at radius 1 is 1.17 bits per heavy atom. The van der Waals surface area contributed by atoms with Gasteiger partial charge in [0.2, 0.25) is 0 Å². The number of amides is 2. The molecule has 294 valence electrons. The molecule has 1 fully saturated rings. The molecule has 6 N–H and O–H groups in total. The van der Waals surface area contributed by atoms with E-state index in [0.717, 1.165) is 11.3 Å². The highest BCUT2D eigenvalue weighted by Gasteiger charge is 2.58. The minimum absolute atomic E-state index is 0.00452. The average molecular weight is 808 g/mol. The summed E-state index contributed by atoms with van der Waals surface area (Å²) in [7, 11) is -0.415. The topological polar surface area (TPSA) is 271 Å². The summed E-state index contributed by atoms with van der Waals surface area (Å²) in [6, 6.07) is 6.21. The summed E-state index contributed by atoms with van der Waals surface area (Å²) < 4.78 is 83.9. The maximum atomic E-state index is 13.3. The lowest BCUT2D eigenvalue weighted by atomic mass is 9.84. The van der Waals surface area contributed by atoms with Gasteiger partial charge in [-0.25, -0.2) is 19.6 Å². The number of nitrogen functional groups attached to an aromatic ring is 1. The maximum absolute atomic E-state index is 13.3. The number of hydrogen-bond donors (Lipinski definition) is 5. The van der Waals surface area contributed by atoms with Crippen molar-refractivity contribution in [3.8, 4) is 5.75 Å². The zero-order valence-corrected chi connectivity index (χ0v) is 30.5. The maximum Gasteiger partial charge on any atom is 0.491 e. The summed E-state index contributed by atoms with van der Waals surface area (Å²) >= 11 is 0.908. The molecule has 0 bridgehead atoms. The summed E-state index contributed by atoms with van der Waals surface area (Å²) in [5, 5.41) is 20.8. The number of rotatable bonds is 16. The van der Waals surface area contributed by atoms with Gasteiger partial charge in [0.15, 0.2) is 10.8 Å². The molecule has 2 amide bonds. The van der Waals surface area contributed by atoms with E-state index >= 15 is 0 Å². The fraction of sp³-hybridized carbons (Fsp3) is 0.414. The predicted molar refractivity (Wildman–Crippen MR) is 181 cm³/mol. The van der Waals surface area contributed by atoms with Crippen LogP contribution in [0, 0.1) is 0 Å². The molecule has 4 rings (SSSR count). The van der Waals surface area contributed by atoms with Gasteiger partial charge in [-0.1, -0.05) is 5.16 Å². The quantitative estimate of drug-likeness (QED) is 0.0256. The number of carbonyl (C=O) groups is 4. The number of thiazole rings is 1. The number of nitrogens with two attached hydrogens (primary N) is 1. The number of oxime groups is 1. The van der Waals surface area contributed by atoms with E-state index in [1.54, 1.807) is 27.2 Å². The number of ether oxygens (including phenoxy) is 2. The van der Waals surface area contributed by atoms with E-state index in [1.807, 2.05) is 0 Å². The summed E-state index contributed by atoms with van der Waals surface area (Å²) in [6.07, 6.45) is -8.18. The Labute approximate surface area is 308 Å². The lowest BCUT2D eigenvalue weighted by Crippen LogP contribution is -2.76. The van der Waals surface area contributed by atoms with Gasteiger partial charge in [-0.3, -0.25) is 18.6 Å². The lowest BCUT2D eigenvalue weighted by Gasteiger charge is -2.50. The standard InChI is InChI=1S/C29H33F3N8O12S2/c1-28(2)22(24(42)39(28)52-54(46,47)48)37-23(41)21(17-13-53-27(33)36-17)38-51-18(25(43)44)12-49-15-7-8-16-14(10-15)6-9-19(35-16)34-11-20(40(3,4)5)50-26(45)29(30,31)32/h6-10,13,18,20,22H,11-12H2,1-5H3,(H5-,33,34,35,36,37,41,43,44,46,47,48)/p+1/b38-21-/t18-,20-,22+/m0/s1. The van der Waals surface area contributed by atoms with E-state index in [4.69, 9.17) is 19.9 Å². The average Bonchev–Trinajstić information content (AvgIpc) is 3.49. The monoisotopic (exact) mass is 807 g/mol. The SMILES string of the molecule is CC1(C)[C@H](NC(=O)/C(=N\O[C@@H](COc2ccc3nc(NC[C@H](OC(=O)C(F)(F)F)[N+](C)(C)C)ccc3c2)C(=O)O)c2csc(N)n2)C(=O)N1OS(=O)(=O)O. The van der Waals surface area contributed by atoms with Gasteiger partial charge in [-0.05, 0) is 44.2 Å². The van der Waals surface area contributed by atoms with E-state index < -0.39 is 76.6 Å². The molecular weight excluding hydrogens is 773 g/mol. The van der Waals surface area contributed by atoms with Crippen LogP contribution in [0.25, 0.3) is 10.9 Å². The number of β-lactam (4-membered cyclic amide) rings is 1. The van der Waals surface area contributed by atoms with E-state index in [2.05, 4.69) is 34.8 Å². The van der Waals surface area contributed by atoms with E-state index in [1.165, 1.54) is 43.5 Å². The number of quaternary nitrogens is 1. The number of esters is 1. The summed E-state index contributed by atoms with van der Waals surface area (Å²) in [5.41, 5.74) is 3.86. The smallest absolute Gasteiger partial charge is 0.489 e. The largest absolute Gasteiger partial charge is 0.491 e. The number of alkyl halides is 3. The number of likely N-dealkylation sites (N-methyl/N-ethyl adjacent to an activating group) is 1. The number of fused-ring (bicyclic) bond motifs is 1. The highest BCUT2D eigenvalue weighted by molar-refractivity contribution is 7.80. The van der Waals surface area contributed by atoms with Crippen molar-refractivity contribution >= 4 is 73.1 Å². The number of anilines is 2. The van der Waals surface area contributed by atoms with Gasteiger partial charge in [0, 0.05) is 10.8 Å². The summed E-state index contributed by atoms with van der Waals surface area (Å²) in [5.74, 6) is -5.58. The van der Waals surface area contributed by atoms with Crippen LogP contribution < -0.4 is 21.1 Å². The molecule has 1 saturated heterocycles. The second-order valence-electron chi connectivity index (χ2n) is 12.9. The molecule has 54 heavy (non-hydrogen) atoms. The number of hydrogen-bond acceptors (Lipinski definition) is 16. The third-order valence-electron chi connectivity index (χ3n) is 7.51. The third-order valence-corrected chi connectivity index (χ3v) is 8.52. The van der Waals surface area contributed by atoms with Crippen molar-refractivity contribution in [1.82, 2.24) is 20.3 Å². The number of nitrogens with one attached hydrogen (secondary N) is 2. The van der Waals surface area contributed by atoms with Crippen LogP contribution in [0.1, 0.15) is 19.5 Å². The molecule has 3 aromatic rings. The first-order valence-electron chi connectivity index (χ1n) is 15.2. The number of nitrogens with zero attached hydrogens (tertiary/aromatic N) is 5. The Morgan fingerprint density at radius 2 is 1.85 bits per heavy atom. The van der Waals surface area contributed by atoms with Gasteiger partial charge in [0.25, 0.3) is 24.1 Å². The molecule has 3 atom stereocenters. The van der Waals surface area contributed by atoms with Crippen LogP contribution >= 0.6 is 11.3 Å². The second kappa shape index (κ2) is 15.5. The van der Waals surface area contributed by atoms with E-state index in [-0.39, 0.29) is 33.4 Å². The van der Waals surface area contributed by atoms with Crippen LogP contribution in [0.4, 0.5) is 24.1 Å². The van der Waals surface area contributed by atoms with Gasteiger partial charge >= 0.3 is 28.5 Å². The molecule has 0 radical (unpaired) electrons. The van der Waals surface area contributed by atoms with Gasteiger partial charge in [-0.15, -0.1) is 15.6 Å². The predicted octanol–water partition coefficient (Wildman–Crippen LogP) is 0.916. The molecular formula is C29H34F3N8O12S2+. The fourth-order valence-electron chi connectivity index (χ4n) is 4.60. The molecule has 20 nitrogen and oxygen atoms in total. The number of aromatic nitrogens is 2. The van der Waals surface area contributed by atoms with Crippen molar-refractivity contribution in [2.45, 2.75) is 43.9 Å². The van der Waals surface area contributed by atoms with Crippen LogP contribution in [-0.4, -0.2) is 131 Å². The van der Waals surface area contributed by atoms with Crippen LogP contribution in [-0.2, 0) is 43.4 Å². The Bertz CT molecular complexity index is 2070. The van der Waals surface area contributed by atoms with Gasteiger partial charge in [-0.2, -0.15) is 26.7 Å². The Morgan fingerprint density at radius 3 is 2.41 bits per heavy atom. The fourth-order valence-corrected chi connectivity index (χ4v) is 5.60. The molecule has 1 aromatic carbocycles. The number of carbonyl (C=O) groups excluding carboxylic acids is 3. The number of pyridine rings is 1. The van der Waals surface area contributed by atoms with Crippen molar-refractivity contribution < 1.29 is 73.5 Å². The van der Waals surface area contributed by atoms with Crippen LogP contribution in [0.5, 0.6) is 5.75 Å². The highest BCUT2D eigenvalue weighted by Crippen LogP contribution is 2.33. The molecule has 0 unspecified atom stereocenters. The van der Waals surface area contributed by atoms with Gasteiger partial charge < -0.3 is 35.8 Å². The Balaban J connectivity index is 1.44. The van der Waals surface area contributed by atoms with Gasteiger partial charge in [0.1, 0.15) is 36.5 Å². The first-order chi connectivity index (χ1) is 24.9. The Kier molecular flexibility index (Phi) is 11.9. The number of halogens is 3. The summed E-state index contributed by atoms with van der Waals surface area (Å²) in [6.45, 7) is 1.81. The molecule has 0 aliphatic carbocycles. The summed E-state index contributed by atoms with van der Waals surface area (Å²) in [4.78, 5) is 62.8. The van der Waals surface area contributed by atoms with Crippen LogP contribution in [0.3, 0.4) is 0 Å². The zero-order chi connectivity index (χ0) is 40.4. The van der Waals surface area contributed by atoms with E-state index in [9.17, 15) is 45.9 Å². The number of aliphatic carboxylic acids is 1. The lowest BCUT2D eigenvalue weighted by molar-refractivity contribution is -0.914. The molecule has 25 heteroatoms. The molecule has 0 saturated carbocycles. The van der Waals surface area contributed by atoms with Crippen molar-refractivity contribution in [1.29, 1.82) is 0 Å². The molecule has 0 spiro atoms. The normalized spacial score (nSPS) is 17.3. The third kappa shape index (κ3) is 10.2. The van der Waals surface area contributed by atoms with Crippen molar-refractivity contribution in [3.05, 3.63) is 41.4 Å². The van der Waals surface area contributed by atoms with Crippen LogP contribution in [0.15, 0.2) is 40.9 Å². The molecule has 3 heterocycles. The second-order valence-corrected chi connectivity index (χ2v) is 14.7. The number of carboxylic acid groups (broad SMARTS) is 1. The van der Waals surface area contributed by atoms with Crippen LogP contribution in [0.2, 0.25) is 0 Å². The number of benzene rings is 1. The zero-order valence-electron chi connectivity index (χ0n) is 28.9. The number of hydroxylamine groups is 2. The molecule has 1 aliphatic heterocycles. The minimum atomic E-state index is -5.16. The number of carboxylic acids is 1. The highest BCUT2D eigenvalue weighted by atomic mass is 32.3.